The van der Waals surface area contributed by atoms with Crippen molar-refractivity contribution in [1.29, 1.82) is 0 Å². The number of amides is 1. The van der Waals surface area contributed by atoms with Crippen LogP contribution in [0.25, 0.3) is 4.96 Å². The Morgan fingerprint density at radius 3 is 3.25 bits per heavy atom. The zero-order valence-corrected chi connectivity index (χ0v) is 14.6. The molecule has 0 radical (unpaired) electrons. The van der Waals surface area contributed by atoms with Crippen LogP contribution in [-0.2, 0) is 17.6 Å². The molecule has 1 N–H and O–H groups in total. The van der Waals surface area contributed by atoms with E-state index in [1.54, 1.807) is 11.3 Å². The van der Waals surface area contributed by atoms with Gasteiger partial charge in [0.25, 0.3) is 0 Å². The summed E-state index contributed by atoms with van der Waals surface area (Å²) in [4.78, 5) is 20.1. The third-order valence-corrected chi connectivity index (χ3v) is 5.56. The van der Waals surface area contributed by atoms with Crippen molar-refractivity contribution in [2.45, 2.75) is 38.5 Å². The summed E-state index contributed by atoms with van der Waals surface area (Å²) in [6.07, 6.45) is 9.34. The minimum absolute atomic E-state index is 0.169. The molecule has 126 valence electrons. The number of rotatable bonds is 4. The van der Waals surface area contributed by atoms with Gasteiger partial charge in [0.05, 0.1) is 18.3 Å². The van der Waals surface area contributed by atoms with E-state index >= 15 is 0 Å². The summed E-state index contributed by atoms with van der Waals surface area (Å²) in [7, 11) is 0. The van der Waals surface area contributed by atoms with Crippen molar-refractivity contribution in [1.82, 2.24) is 24.5 Å². The van der Waals surface area contributed by atoms with E-state index in [-0.39, 0.29) is 5.91 Å². The largest absolute Gasteiger partial charge is 0.342 e. The fourth-order valence-corrected chi connectivity index (χ4v) is 4.24. The first kappa shape index (κ1) is 15.4. The second-order valence-corrected chi connectivity index (χ2v) is 7.22. The Bertz CT molecular complexity index is 820. The maximum absolute atomic E-state index is 12.7. The van der Waals surface area contributed by atoms with Gasteiger partial charge in [-0.05, 0) is 24.8 Å². The zero-order valence-electron chi connectivity index (χ0n) is 13.7. The van der Waals surface area contributed by atoms with E-state index in [4.69, 9.17) is 0 Å². The van der Waals surface area contributed by atoms with Gasteiger partial charge in [0.1, 0.15) is 0 Å². The lowest BCUT2D eigenvalue weighted by molar-refractivity contribution is -0.131. The van der Waals surface area contributed by atoms with Crippen LogP contribution in [0.5, 0.6) is 0 Å². The first-order valence-corrected chi connectivity index (χ1v) is 9.33. The van der Waals surface area contributed by atoms with Crippen molar-refractivity contribution >= 4 is 22.2 Å². The van der Waals surface area contributed by atoms with Crippen molar-refractivity contribution in [3.05, 3.63) is 40.9 Å². The molecule has 6 nitrogen and oxygen atoms in total. The number of thiazole rings is 1. The van der Waals surface area contributed by atoms with E-state index in [0.717, 1.165) is 43.0 Å². The molecular weight excluding hydrogens is 322 g/mol. The van der Waals surface area contributed by atoms with Gasteiger partial charge in [-0.1, -0.05) is 6.92 Å². The molecule has 4 rings (SSSR count). The first-order valence-electron chi connectivity index (χ1n) is 8.45. The van der Waals surface area contributed by atoms with E-state index in [1.807, 2.05) is 33.3 Å². The van der Waals surface area contributed by atoms with E-state index < -0.39 is 0 Å². The number of carbonyl (C=O) groups is 1. The standard InChI is InChI=1S/C17H21N5OS/c1-2-12-9-18-20-16(12)13-4-3-5-21(10-13)15(23)8-14-11-22-6-7-24-17(22)19-14/h6-7,9,11,13H,2-5,8,10H2,1H3,(H,18,20)/t13-/m0/s1. The van der Waals surface area contributed by atoms with Crippen LogP contribution < -0.4 is 0 Å². The van der Waals surface area contributed by atoms with Crippen LogP contribution in [0.3, 0.4) is 0 Å². The van der Waals surface area contributed by atoms with Crippen LogP contribution >= 0.6 is 11.3 Å². The SMILES string of the molecule is CCc1cn[nH]c1[C@H]1CCCN(C(=O)Cc2cn3ccsc3n2)C1. The smallest absolute Gasteiger partial charge is 0.228 e. The predicted octanol–water partition coefficient (Wildman–Crippen LogP) is 2.63. The average Bonchev–Trinajstić information content (AvgIpc) is 3.30. The van der Waals surface area contributed by atoms with Crippen LogP contribution in [0, 0.1) is 0 Å². The summed E-state index contributed by atoms with van der Waals surface area (Å²) in [5, 5.41) is 9.33. The van der Waals surface area contributed by atoms with Gasteiger partial charge in [0.15, 0.2) is 4.96 Å². The second kappa shape index (κ2) is 6.39. The van der Waals surface area contributed by atoms with Crippen molar-refractivity contribution in [3.8, 4) is 0 Å². The molecule has 1 saturated heterocycles. The zero-order chi connectivity index (χ0) is 16.5. The molecule has 0 unspecified atom stereocenters. The highest BCUT2D eigenvalue weighted by Crippen LogP contribution is 2.28. The fourth-order valence-electron chi connectivity index (χ4n) is 3.52. The van der Waals surface area contributed by atoms with Crippen LogP contribution in [-0.4, -0.2) is 43.5 Å². The number of carbonyl (C=O) groups excluding carboxylic acids is 1. The van der Waals surface area contributed by atoms with Gasteiger partial charge in [-0.3, -0.25) is 14.3 Å². The molecule has 3 aromatic heterocycles. The Balaban J connectivity index is 1.45. The number of fused-ring (bicyclic) bond motifs is 1. The Morgan fingerprint density at radius 1 is 1.50 bits per heavy atom. The molecule has 0 aliphatic carbocycles. The topological polar surface area (TPSA) is 66.3 Å². The molecule has 4 heterocycles. The van der Waals surface area contributed by atoms with Gasteiger partial charge >= 0.3 is 0 Å². The number of likely N-dealkylation sites (tertiary alicyclic amines) is 1. The molecule has 0 bridgehead atoms. The number of aryl methyl sites for hydroxylation is 1. The third kappa shape index (κ3) is 2.84. The van der Waals surface area contributed by atoms with E-state index in [2.05, 4.69) is 22.1 Å². The number of aromatic nitrogens is 4. The summed E-state index contributed by atoms with van der Waals surface area (Å²) in [5.74, 6) is 0.536. The molecule has 1 amide bonds. The Labute approximate surface area is 144 Å². The van der Waals surface area contributed by atoms with E-state index in [1.165, 1.54) is 11.3 Å². The number of hydrogen-bond donors (Lipinski definition) is 1. The molecule has 3 aromatic rings. The number of nitrogens with one attached hydrogen (secondary N) is 1. The van der Waals surface area contributed by atoms with Crippen molar-refractivity contribution < 1.29 is 4.79 Å². The summed E-state index contributed by atoms with van der Waals surface area (Å²) in [6.45, 7) is 3.76. The van der Waals surface area contributed by atoms with E-state index in [9.17, 15) is 4.79 Å². The normalized spacial score (nSPS) is 18.4. The van der Waals surface area contributed by atoms with Gasteiger partial charge in [-0.2, -0.15) is 5.10 Å². The maximum Gasteiger partial charge on any atom is 0.228 e. The molecule has 0 saturated carbocycles. The maximum atomic E-state index is 12.7. The lowest BCUT2D eigenvalue weighted by Gasteiger charge is -2.32. The van der Waals surface area contributed by atoms with Gasteiger partial charge in [-0.25, -0.2) is 4.98 Å². The Kier molecular flexibility index (Phi) is 4.10. The highest BCUT2D eigenvalue weighted by molar-refractivity contribution is 7.15. The summed E-state index contributed by atoms with van der Waals surface area (Å²) in [5.41, 5.74) is 3.32. The molecule has 1 aliphatic heterocycles. The lowest BCUT2D eigenvalue weighted by Crippen LogP contribution is -2.40. The number of imidazole rings is 1. The second-order valence-electron chi connectivity index (χ2n) is 6.34. The summed E-state index contributed by atoms with van der Waals surface area (Å²) >= 11 is 1.59. The number of nitrogens with zero attached hydrogens (tertiary/aromatic N) is 4. The van der Waals surface area contributed by atoms with Crippen LogP contribution in [0.2, 0.25) is 0 Å². The molecule has 7 heteroatoms. The molecule has 0 aromatic carbocycles. The number of aromatic amines is 1. The molecule has 1 aliphatic rings. The molecular formula is C17H21N5OS. The fraction of sp³-hybridized carbons (Fsp3) is 0.471. The quantitative estimate of drug-likeness (QED) is 0.792. The Morgan fingerprint density at radius 2 is 2.42 bits per heavy atom. The molecule has 1 fully saturated rings. The minimum Gasteiger partial charge on any atom is -0.342 e. The molecule has 0 spiro atoms. The first-order chi connectivity index (χ1) is 11.7. The minimum atomic E-state index is 0.169. The van der Waals surface area contributed by atoms with Gasteiger partial charge < -0.3 is 4.90 Å². The number of H-pyrrole nitrogens is 1. The number of hydrogen-bond acceptors (Lipinski definition) is 4. The van der Waals surface area contributed by atoms with Crippen molar-refractivity contribution in [2.75, 3.05) is 13.1 Å². The van der Waals surface area contributed by atoms with Gasteiger partial charge in [0.2, 0.25) is 5.91 Å². The van der Waals surface area contributed by atoms with Crippen LogP contribution in [0.15, 0.2) is 24.0 Å². The third-order valence-electron chi connectivity index (χ3n) is 4.79. The number of piperidine rings is 1. The van der Waals surface area contributed by atoms with Crippen molar-refractivity contribution in [3.63, 3.8) is 0 Å². The molecule has 24 heavy (non-hydrogen) atoms. The van der Waals surface area contributed by atoms with E-state index in [0.29, 0.717) is 12.3 Å². The van der Waals surface area contributed by atoms with Gasteiger partial charge in [0, 0.05) is 42.5 Å². The van der Waals surface area contributed by atoms with Crippen molar-refractivity contribution in [2.24, 2.45) is 0 Å². The van der Waals surface area contributed by atoms with Crippen LogP contribution in [0.4, 0.5) is 0 Å². The lowest BCUT2D eigenvalue weighted by atomic mass is 9.92. The Hall–Kier alpha value is -2.15. The summed E-state index contributed by atoms with van der Waals surface area (Å²) in [6, 6.07) is 0. The predicted molar refractivity (Wildman–Crippen MR) is 93.3 cm³/mol. The highest BCUT2D eigenvalue weighted by atomic mass is 32.1. The highest BCUT2D eigenvalue weighted by Gasteiger charge is 2.27. The average molecular weight is 343 g/mol. The van der Waals surface area contributed by atoms with Gasteiger partial charge in [-0.15, -0.1) is 11.3 Å². The van der Waals surface area contributed by atoms with Crippen LogP contribution in [0.1, 0.15) is 42.6 Å². The summed E-state index contributed by atoms with van der Waals surface area (Å²) < 4.78 is 1.98. The molecule has 1 atom stereocenters. The monoisotopic (exact) mass is 343 g/mol.